The summed E-state index contributed by atoms with van der Waals surface area (Å²) in [5.41, 5.74) is 9.10. The van der Waals surface area contributed by atoms with Gasteiger partial charge in [0.25, 0.3) is 0 Å². The van der Waals surface area contributed by atoms with E-state index in [4.69, 9.17) is 4.98 Å². The minimum absolute atomic E-state index is 0. The Morgan fingerprint density at radius 3 is 1.37 bits per heavy atom. The van der Waals surface area contributed by atoms with Gasteiger partial charge in [-0.1, -0.05) is 171 Å². The van der Waals surface area contributed by atoms with Crippen molar-refractivity contribution in [3.05, 3.63) is 150 Å². The quantitative estimate of drug-likeness (QED) is 0.0947. The van der Waals surface area contributed by atoms with Gasteiger partial charge >= 0.3 is 0 Å². The molecule has 0 N–H and O–H groups in total. The molecule has 0 bridgehead atoms. The number of fused-ring (bicyclic) bond motifs is 9. The van der Waals surface area contributed by atoms with Crippen LogP contribution in [-0.4, -0.2) is 12.5 Å². The van der Waals surface area contributed by atoms with Gasteiger partial charge in [-0.2, -0.15) is 0 Å². The molecule has 1 aromatic heterocycles. The maximum Gasteiger partial charge on any atom is 0.206 e. The zero-order valence-corrected chi connectivity index (χ0v) is 38.4. The Bertz CT molecular complexity index is 2770. The molecule has 1 aliphatic rings. The Morgan fingerprint density at radius 2 is 0.898 bits per heavy atom. The largest absolute Gasteiger partial charge is 0.657 e. The van der Waals surface area contributed by atoms with Crippen molar-refractivity contribution in [3.8, 4) is 0 Å². The van der Waals surface area contributed by atoms with Crippen LogP contribution in [0.5, 0.6) is 0 Å². The van der Waals surface area contributed by atoms with Crippen LogP contribution in [0, 0.1) is 12.1 Å². The number of aromatic nitrogens is 1. The molecule has 1 saturated heterocycles. The van der Waals surface area contributed by atoms with Crippen molar-refractivity contribution in [1.29, 1.82) is 0 Å². The first kappa shape index (κ1) is 42.3. The summed E-state index contributed by atoms with van der Waals surface area (Å²) in [5, 5.41) is 10.3. The van der Waals surface area contributed by atoms with Crippen molar-refractivity contribution in [2.45, 2.75) is 92.9 Å². The predicted octanol–water partition coefficient (Wildman–Crippen LogP) is 14.6. The van der Waals surface area contributed by atoms with Crippen LogP contribution in [0.2, 0.25) is 0 Å². The molecular formula is C54H57AuN3O-2. The van der Waals surface area contributed by atoms with E-state index in [-0.39, 0.29) is 28.3 Å². The Kier molecular flexibility index (Phi) is 11.9. The van der Waals surface area contributed by atoms with Gasteiger partial charge in [-0.3, -0.25) is 4.79 Å². The van der Waals surface area contributed by atoms with Crippen LogP contribution in [0.15, 0.2) is 121 Å². The molecule has 4 nitrogen and oxygen atoms in total. The summed E-state index contributed by atoms with van der Waals surface area (Å²) in [7, 11) is 0. The molecule has 1 fully saturated rings. The molecule has 0 spiro atoms. The maximum atomic E-state index is 13.9. The fourth-order valence-electron chi connectivity index (χ4n) is 9.16. The molecule has 1 aliphatic heterocycles. The van der Waals surface area contributed by atoms with Crippen LogP contribution in [-0.2, 0) is 27.2 Å². The zero-order chi connectivity index (χ0) is 41.0. The molecular weight excluding hydrogens is 904 g/mol. The number of carbonyl (C=O) groups excluding carboxylic acids is 1. The third kappa shape index (κ3) is 7.61. The van der Waals surface area contributed by atoms with Crippen LogP contribution in [0.25, 0.3) is 54.1 Å². The molecule has 0 saturated carbocycles. The first-order valence-corrected chi connectivity index (χ1v) is 21.2. The number of anilines is 2. The van der Waals surface area contributed by atoms with Gasteiger partial charge in [0.15, 0.2) is 0 Å². The van der Waals surface area contributed by atoms with Gasteiger partial charge in [0.1, 0.15) is 0 Å². The number of amides is 1. The summed E-state index contributed by atoms with van der Waals surface area (Å²) in [5.74, 6) is 1.62. The summed E-state index contributed by atoms with van der Waals surface area (Å²) in [6, 6.07) is 43.5. The molecule has 7 aromatic carbocycles. The third-order valence-corrected chi connectivity index (χ3v) is 12.1. The van der Waals surface area contributed by atoms with Crippen molar-refractivity contribution >= 4 is 71.4 Å². The SMILES string of the molecule is CC(C)c1cccc(C(C)C)c1N1[CH-]N(c2c(C(C)C)cccc2C(C)C)C(=O)C(C)(C)C1.[Au].c1ccc2c(c1)[n-]c1cc3c4ccccc4c4ccccc4c3cc12. The second kappa shape index (κ2) is 16.6. The van der Waals surface area contributed by atoms with E-state index in [0.717, 1.165) is 16.7 Å². The van der Waals surface area contributed by atoms with Gasteiger partial charge in [0, 0.05) is 40.3 Å². The van der Waals surface area contributed by atoms with Crippen LogP contribution < -0.4 is 14.8 Å². The van der Waals surface area contributed by atoms with Crippen LogP contribution in [0.1, 0.15) is 115 Å². The molecule has 0 atom stereocenters. The van der Waals surface area contributed by atoms with E-state index < -0.39 is 5.41 Å². The zero-order valence-electron chi connectivity index (χ0n) is 36.2. The van der Waals surface area contributed by atoms with Gasteiger partial charge in [-0.15, -0.1) is 17.7 Å². The van der Waals surface area contributed by atoms with E-state index in [1.165, 1.54) is 71.0 Å². The topological polar surface area (TPSA) is 37.7 Å². The third-order valence-electron chi connectivity index (χ3n) is 12.1. The number of para-hydroxylation sites is 3. The number of nitrogens with zero attached hydrogens (tertiary/aromatic N) is 3. The van der Waals surface area contributed by atoms with Crippen molar-refractivity contribution in [1.82, 2.24) is 4.98 Å². The summed E-state index contributed by atoms with van der Waals surface area (Å²) < 4.78 is 0. The van der Waals surface area contributed by atoms with E-state index in [1.807, 2.05) is 4.90 Å². The average molecular weight is 961 g/mol. The Hall–Kier alpha value is -4.87. The van der Waals surface area contributed by atoms with Crippen molar-refractivity contribution in [2.24, 2.45) is 5.41 Å². The number of carbonyl (C=O) groups is 1. The fraction of sp³-hybridized carbons (Fsp3) is 0.296. The maximum absolute atomic E-state index is 13.9. The number of benzene rings is 7. The van der Waals surface area contributed by atoms with Crippen LogP contribution in [0.3, 0.4) is 0 Å². The van der Waals surface area contributed by atoms with Crippen LogP contribution in [0.4, 0.5) is 11.4 Å². The normalized spacial score (nSPS) is 14.4. The van der Waals surface area contributed by atoms with Gasteiger partial charge < -0.3 is 14.8 Å². The minimum atomic E-state index is -0.509. The summed E-state index contributed by atoms with van der Waals surface area (Å²) in [6.45, 7) is 24.8. The summed E-state index contributed by atoms with van der Waals surface area (Å²) >= 11 is 0. The molecule has 59 heavy (non-hydrogen) atoms. The molecule has 5 heteroatoms. The average Bonchev–Trinajstić information content (AvgIpc) is 3.58. The minimum Gasteiger partial charge on any atom is -0.657 e. The van der Waals surface area contributed by atoms with Gasteiger partial charge in [-0.25, -0.2) is 0 Å². The van der Waals surface area contributed by atoms with E-state index in [1.54, 1.807) is 0 Å². The van der Waals surface area contributed by atoms with E-state index in [9.17, 15) is 4.79 Å². The Balaban J connectivity index is 0.000000181. The first-order chi connectivity index (χ1) is 27.8. The fourth-order valence-corrected chi connectivity index (χ4v) is 9.16. The van der Waals surface area contributed by atoms with Crippen molar-refractivity contribution in [3.63, 3.8) is 0 Å². The molecule has 2 heterocycles. The van der Waals surface area contributed by atoms with Crippen LogP contribution >= 0.6 is 0 Å². The predicted molar refractivity (Wildman–Crippen MR) is 249 cm³/mol. The number of rotatable bonds is 6. The smallest absolute Gasteiger partial charge is 0.206 e. The Morgan fingerprint density at radius 1 is 0.492 bits per heavy atom. The van der Waals surface area contributed by atoms with Crippen molar-refractivity contribution < 1.29 is 27.2 Å². The monoisotopic (exact) mass is 960 g/mol. The molecule has 8 aromatic rings. The van der Waals surface area contributed by atoms with Crippen molar-refractivity contribution in [2.75, 3.05) is 16.3 Å². The second-order valence-corrected chi connectivity index (χ2v) is 18.1. The second-order valence-electron chi connectivity index (χ2n) is 18.1. The Labute approximate surface area is 366 Å². The number of hydrogen-bond acceptors (Lipinski definition) is 2. The van der Waals surface area contributed by atoms with Gasteiger partial charge in [0.2, 0.25) is 5.91 Å². The molecule has 0 unspecified atom stereocenters. The number of hydrogen-bond donors (Lipinski definition) is 0. The van der Waals surface area contributed by atoms with E-state index >= 15 is 0 Å². The van der Waals surface area contributed by atoms with Gasteiger partial charge in [-0.05, 0) is 109 Å². The van der Waals surface area contributed by atoms with Gasteiger partial charge in [0.05, 0.1) is 5.41 Å². The molecule has 1 amide bonds. The summed E-state index contributed by atoms with van der Waals surface area (Å²) in [6.07, 6.45) is 0. The van der Waals surface area contributed by atoms with E-state index in [2.05, 4.69) is 202 Å². The standard InChI is InChI=1S/C30H43N2O.C24H14N.Au/c1-19(2)23-13-11-14-24(20(3)4)27(23)31-17-30(9,10)29(33)32(18-31)28-25(21(5)6)15-12-16-26(28)22(7)8;1-3-9-17-15(7-1)16-8-2-4-10-18(16)21-14-24-22(13-20(17)21)19-11-5-6-12-23(19)25-24;/h11-16,18-22H,17H2,1-10H3;1-14H;/q2*-1;. The molecule has 0 aliphatic carbocycles. The summed E-state index contributed by atoms with van der Waals surface area (Å²) in [4.78, 5) is 23.1. The molecule has 307 valence electrons. The molecule has 9 rings (SSSR count). The van der Waals surface area contributed by atoms with E-state index in [0.29, 0.717) is 30.2 Å². The first-order valence-electron chi connectivity index (χ1n) is 21.2. The molecule has 1 radical (unpaired) electrons.